The van der Waals surface area contributed by atoms with Crippen LogP contribution in [0.4, 0.5) is 0 Å². The number of amides is 1. The first-order valence-corrected chi connectivity index (χ1v) is 7.99. The Labute approximate surface area is 121 Å². The lowest BCUT2D eigenvalue weighted by atomic mass is 10.2. The van der Waals surface area contributed by atoms with E-state index in [0.29, 0.717) is 5.92 Å². The minimum Gasteiger partial charge on any atom is -0.336 e. The molecule has 0 spiro atoms. The second-order valence-electron chi connectivity index (χ2n) is 5.13. The maximum absolute atomic E-state index is 12.2. The van der Waals surface area contributed by atoms with Crippen LogP contribution in [0.15, 0.2) is 15.2 Å². The SMILES string of the molecule is CC(C)CN1CCN(C(=O)c2csc(Br)c2)CC1. The maximum Gasteiger partial charge on any atom is 0.254 e. The summed E-state index contributed by atoms with van der Waals surface area (Å²) >= 11 is 4.97. The number of carbonyl (C=O) groups excluding carboxylic acids is 1. The number of rotatable bonds is 3. The minimum absolute atomic E-state index is 0.168. The third-order valence-corrected chi connectivity index (χ3v) is 4.60. The van der Waals surface area contributed by atoms with E-state index >= 15 is 0 Å². The molecule has 0 N–H and O–H groups in total. The predicted octanol–water partition coefficient (Wildman–Crippen LogP) is 2.92. The van der Waals surface area contributed by atoms with Gasteiger partial charge in [0.2, 0.25) is 0 Å². The molecule has 1 amide bonds. The molecule has 1 aliphatic heterocycles. The molecule has 1 saturated heterocycles. The molecule has 1 fully saturated rings. The molecule has 100 valence electrons. The fourth-order valence-electron chi connectivity index (χ4n) is 2.25. The topological polar surface area (TPSA) is 23.6 Å². The Balaban J connectivity index is 1.88. The number of hydrogen-bond donors (Lipinski definition) is 0. The summed E-state index contributed by atoms with van der Waals surface area (Å²) in [6.45, 7) is 9.29. The summed E-state index contributed by atoms with van der Waals surface area (Å²) in [5.74, 6) is 0.862. The lowest BCUT2D eigenvalue weighted by molar-refractivity contribution is 0.0624. The van der Waals surface area contributed by atoms with Gasteiger partial charge in [0.15, 0.2) is 0 Å². The molecule has 0 aliphatic carbocycles. The molecule has 0 atom stereocenters. The van der Waals surface area contributed by atoms with Gasteiger partial charge in [0.25, 0.3) is 5.91 Å². The third-order valence-electron chi connectivity index (χ3n) is 3.10. The molecule has 1 aromatic heterocycles. The Morgan fingerprint density at radius 2 is 2.06 bits per heavy atom. The van der Waals surface area contributed by atoms with Gasteiger partial charge in [-0.05, 0) is 27.9 Å². The number of nitrogens with zero attached hydrogens (tertiary/aromatic N) is 2. The first-order valence-electron chi connectivity index (χ1n) is 6.32. The normalized spacial score (nSPS) is 17.4. The van der Waals surface area contributed by atoms with Crippen LogP contribution in [0.3, 0.4) is 0 Å². The van der Waals surface area contributed by atoms with Crippen molar-refractivity contribution in [3.05, 3.63) is 20.8 Å². The highest BCUT2D eigenvalue weighted by Gasteiger charge is 2.22. The molecule has 5 heteroatoms. The summed E-state index contributed by atoms with van der Waals surface area (Å²) in [6.07, 6.45) is 0. The zero-order valence-electron chi connectivity index (χ0n) is 10.9. The molecule has 18 heavy (non-hydrogen) atoms. The van der Waals surface area contributed by atoms with Gasteiger partial charge < -0.3 is 4.90 Å². The van der Waals surface area contributed by atoms with Crippen molar-refractivity contribution in [2.24, 2.45) is 5.92 Å². The van der Waals surface area contributed by atoms with Gasteiger partial charge in [0.1, 0.15) is 0 Å². The summed E-state index contributed by atoms with van der Waals surface area (Å²) in [6, 6.07) is 1.91. The molecule has 2 rings (SSSR count). The minimum atomic E-state index is 0.168. The van der Waals surface area contributed by atoms with Gasteiger partial charge in [-0.1, -0.05) is 13.8 Å². The van der Waals surface area contributed by atoms with Crippen molar-refractivity contribution in [3.8, 4) is 0 Å². The smallest absolute Gasteiger partial charge is 0.254 e. The van der Waals surface area contributed by atoms with Crippen LogP contribution in [0, 0.1) is 5.92 Å². The van der Waals surface area contributed by atoms with Crippen LogP contribution in [0.25, 0.3) is 0 Å². The lowest BCUT2D eigenvalue weighted by Crippen LogP contribution is -2.49. The molecule has 0 unspecified atom stereocenters. The van der Waals surface area contributed by atoms with Crippen molar-refractivity contribution in [1.82, 2.24) is 9.80 Å². The van der Waals surface area contributed by atoms with E-state index in [9.17, 15) is 4.79 Å². The maximum atomic E-state index is 12.2. The van der Waals surface area contributed by atoms with Crippen molar-refractivity contribution in [2.75, 3.05) is 32.7 Å². The fraction of sp³-hybridized carbons (Fsp3) is 0.615. The van der Waals surface area contributed by atoms with Crippen molar-refractivity contribution in [2.45, 2.75) is 13.8 Å². The van der Waals surface area contributed by atoms with Crippen molar-refractivity contribution >= 4 is 33.2 Å². The van der Waals surface area contributed by atoms with E-state index in [1.54, 1.807) is 11.3 Å². The van der Waals surface area contributed by atoms with Crippen molar-refractivity contribution in [1.29, 1.82) is 0 Å². The van der Waals surface area contributed by atoms with E-state index in [1.807, 2.05) is 16.3 Å². The monoisotopic (exact) mass is 330 g/mol. The van der Waals surface area contributed by atoms with Gasteiger partial charge in [-0.15, -0.1) is 11.3 Å². The van der Waals surface area contributed by atoms with Crippen LogP contribution in [-0.2, 0) is 0 Å². The van der Waals surface area contributed by atoms with Crippen LogP contribution >= 0.6 is 27.3 Å². The van der Waals surface area contributed by atoms with Crippen molar-refractivity contribution < 1.29 is 4.79 Å². The highest BCUT2D eigenvalue weighted by Crippen LogP contribution is 2.22. The van der Waals surface area contributed by atoms with Crippen molar-refractivity contribution in [3.63, 3.8) is 0 Å². The second-order valence-corrected chi connectivity index (χ2v) is 7.42. The number of hydrogen-bond acceptors (Lipinski definition) is 3. The van der Waals surface area contributed by atoms with E-state index in [-0.39, 0.29) is 5.91 Å². The van der Waals surface area contributed by atoms with Crippen LogP contribution in [0.1, 0.15) is 24.2 Å². The average Bonchev–Trinajstić information content (AvgIpc) is 2.75. The molecule has 0 saturated carbocycles. The summed E-state index contributed by atoms with van der Waals surface area (Å²) in [7, 11) is 0. The Kier molecular flexibility index (Phi) is 4.81. The van der Waals surface area contributed by atoms with Crippen LogP contribution in [0.2, 0.25) is 0 Å². The molecular weight excluding hydrogens is 312 g/mol. The van der Waals surface area contributed by atoms with Crippen LogP contribution in [-0.4, -0.2) is 48.4 Å². The van der Waals surface area contributed by atoms with Gasteiger partial charge in [0, 0.05) is 38.1 Å². The van der Waals surface area contributed by atoms with Gasteiger partial charge in [0.05, 0.1) is 9.35 Å². The Morgan fingerprint density at radius 1 is 1.39 bits per heavy atom. The number of thiophene rings is 1. The fourth-order valence-corrected chi connectivity index (χ4v) is 3.39. The summed E-state index contributed by atoms with van der Waals surface area (Å²) < 4.78 is 1.02. The number of carbonyl (C=O) groups is 1. The van der Waals surface area contributed by atoms with Gasteiger partial charge in [-0.25, -0.2) is 0 Å². The van der Waals surface area contributed by atoms with E-state index < -0.39 is 0 Å². The Morgan fingerprint density at radius 3 is 2.56 bits per heavy atom. The summed E-state index contributed by atoms with van der Waals surface area (Å²) in [4.78, 5) is 16.6. The van der Waals surface area contributed by atoms with E-state index in [0.717, 1.165) is 42.1 Å². The molecule has 0 bridgehead atoms. The van der Waals surface area contributed by atoms with E-state index in [1.165, 1.54) is 0 Å². The molecular formula is C13H19BrN2OS. The Bertz CT molecular complexity index is 411. The molecule has 0 aromatic carbocycles. The summed E-state index contributed by atoms with van der Waals surface area (Å²) in [5.41, 5.74) is 0.809. The van der Waals surface area contributed by atoms with Gasteiger partial charge in [-0.2, -0.15) is 0 Å². The summed E-state index contributed by atoms with van der Waals surface area (Å²) in [5, 5.41) is 1.92. The highest BCUT2D eigenvalue weighted by atomic mass is 79.9. The zero-order chi connectivity index (χ0) is 13.1. The first-order chi connectivity index (χ1) is 8.56. The van der Waals surface area contributed by atoms with Crippen LogP contribution in [0.5, 0.6) is 0 Å². The molecule has 2 heterocycles. The third kappa shape index (κ3) is 3.56. The molecule has 1 aliphatic rings. The largest absolute Gasteiger partial charge is 0.336 e. The quantitative estimate of drug-likeness (QED) is 0.850. The zero-order valence-corrected chi connectivity index (χ0v) is 13.3. The highest BCUT2D eigenvalue weighted by molar-refractivity contribution is 9.11. The molecule has 1 aromatic rings. The Hall–Kier alpha value is -0.390. The van der Waals surface area contributed by atoms with Gasteiger partial charge >= 0.3 is 0 Å². The van der Waals surface area contributed by atoms with Crippen LogP contribution < -0.4 is 0 Å². The lowest BCUT2D eigenvalue weighted by Gasteiger charge is -2.35. The predicted molar refractivity (Wildman–Crippen MR) is 79.2 cm³/mol. The number of piperazine rings is 1. The van der Waals surface area contributed by atoms with E-state index in [2.05, 4.69) is 34.7 Å². The molecule has 3 nitrogen and oxygen atoms in total. The standard InChI is InChI=1S/C13H19BrN2OS/c1-10(2)8-15-3-5-16(6-4-15)13(17)11-7-12(14)18-9-11/h7,9-10H,3-6,8H2,1-2H3. The van der Waals surface area contributed by atoms with Gasteiger partial charge in [-0.3, -0.25) is 9.69 Å². The first kappa shape index (κ1) is 14.0. The average molecular weight is 331 g/mol. The molecule has 0 radical (unpaired) electrons. The number of halogens is 1. The van der Waals surface area contributed by atoms with E-state index in [4.69, 9.17) is 0 Å². The second kappa shape index (κ2) is 6.17.